The van der Waals surface area contributed by atoms with Gasteiger partial charge in [0.2, 0.25) is 5.95 Å². The zero-order valence-electron chi connectivity index (χ0n) is 12.2. The Morgan fingerprint density at radius 2 is 2.00 bits per heavy atom. The van der Waals surface area contributed by atoms with Crippen LogP contribution in [0.1, 0.15) is 69.7 Å². The molecule has 1 aromatic rings. The maximum Gasteiger partial charge on any atom is 0.213 e. The molecule has 0 aliphatic heterocycles. The molecule has 2 nitrogen and oxygen atoms in total. The summed E-state index contributed by atoms with van der Waals surface area (Å²) in [5.74, 6) is -0.769. The lowest BCUT2D eigenvalue weighted by Crippen LogP contribution is -2.18. The van der Waals surface area contributed by atoms with Crippen LogP contribution in [0.4, 0.5) is 4.39 Å². The molecule has 1 saturated carbocycles. The summed E-state index contributed by atoms with van der Waals surface area (Å²) in [6.07, 6.45) is 10.0. The average Bonchev–Trinajstić information content (AvgIpc) is 2.40. The van der Waals surface area contributed by atoms with E-state index in [9.17, 15) is 9.18 Å². The molecule has 0 aromatic carbocycles. The fourth-order valence-electron chi connectivity index (χ4n) is 2.38. The van der Waals surface area contributed by atoms with Crippen molar-refractivity contribution < 1.29 is 9.18 Å². The molecule has 0 amide bonds. The second kappa shape index (κ2) is 7.37. The molecule has 2 rings (SSSR count). The number of halogens is 1. The van der Waals surface area contributed by atoms with Crippen molar-refractivity contribution in [2.24, 2.45) is 5.41 Å². The number of hydrogen-bond acceptors (Lipinski definition) is 2. The van der Waals surface area contributed by atoms with Gasteiger partial charge in [-0.3, -0.25) is 4.79 Å². The first-order chi connectivity index (χ1) is 8.97. The fraction of sp³-hybridized carbons (Fsp3) is 0.625. The number of ketones is 1. The summed E-state index contributed by atoms with van der Waals surface area (Å²) in [7, 11) is 0. The number of rotatable bonds is 2. The molecule has 0 N–H and O–H groups in total. The minimum Gasteiger partial charge on any atom is -0.295 e. The van der Waals surface area contributed by atoms with Crippen LogP contribution in [-0.2, 0) is 0 Å². The van der Waals surface area contributed by atoms with E-state index in [4.69, 9.17) is 0 Å². The molecule has 1 aromatic heterocycles. The summed E-state index contributed by atoms with van der Waals surface area (Å²) in [5, 5.41) is 0. The van der Waals surface area contributed by atoms with E-state index in [0.717, 1.165) is 11.5 Å². The summed E-state index contributed by atoms with van der Waals surface area (Å²) in [6.45, 7) is 6.15. The lowest BCUT2D eigenvalue weighted by molar-refractivity contribution is 0.101. The Hall–Kier alpha value is -1.25. The third-order valence-corrected chi connectivity index (χ3v) is 4.05. The van der Waals surface area contributed by atoms with E-state index in [-0.39, 0.29) is 5.78 Å². The Morgan fingerprint density at radius 1 is 1.37 bits per heavy atom. The van der Waals surface area contributed by atoms with Gasteiger partial charge in [0.05, 0.1) is 0 Å². The topological polar surface area (TPSA) is 30.0 Å². The molecule has 3 heteroatoms. The lowest BCUT2D eigenvalue weighted by atomic mass is 9.74. The first kappa shape index (κ1) is 15.8. The summed E-state index contributed by atoms with van der Waals surface area (Å²) >= 11 is 0. The SMILES string of the molecule is CC(=O)c1ccnc(F)c1.CCC1(C)CCCCC1. The normalized spacial score (nSPS) is 17.3. The van der Waals surface area contributed by atoms with Crippen LogP contribution in [0, 0.1) is 11.4 Å². The molecule has 0 saturated heterocycles. The van der Waals surface area contributed by atoms with Crippen molar-refractivity contribution in [1.82, 2.24) is 4.98 Å². The van der Waals surface area contributed by atoms with Gasteiger partial charge in [-0.15, -0.1) is 0 Å². The molecule has 0 spiro atoms. The van der Waals surface area contributed by atoms with E-state index >= 15 is 0 Å². The minimum absolute atomic E-state index is 0.152. The Kier molecular flexibility index (Phi) is 6.13. The van der Waals surface area contributed by atoms with Crippen LogP contribution < -0.4 is 0 Å². The summed E-state index contributed by atoms with van der Waals surface area (Å²) in [5.41, 5.74) is 1.07. The second-order valence-corrected chi connectivity index (χ2v) is 5.65. The Balaban J connectivity index is 0.000000191. The maximum atomic E-state index is 12.3. The standard InChI is InChI=1S/C9H18.C7H6FNO/c1-3-9(2)7-5-4-6-8-9;1-5(10)6-2-3-9-7(8)4-6/h3-8H2,1-2H3;2-4H,1H3. The van der Waals surface area contributed by atoms with Gasteiger partial charge in [-0.2, -0.15) is 4.39 Å². The summed E-state index contributed by atoms with van der Waals surface area (Å²) < 4.78 is 12.3. The van der Waals surface area contributed by atoms with Crippen LogP contribution in [0.2, 0.25) is 0 Å². The zero-order chi connectivity index (χ0) is 14.3. The number of aromatic nitrogens is 1. The second-order valence-electron chi connectivity index (χ2n) is 5.65. The van der Waals surface area contributed by atoms with Crippen LogP contribution in [0.25, 0.3) is 0 Å². The van der Waals surface area contributed by atoms with E-state index < -0.39 is 5.95 Å². The predicted molar refractivity (Wildman–Crippen MR) is 75.7 cm³/mol. The molecular weight excluding hydrogens is 241 g/mol. The molecule has 0 atom stereocenters. The van der Waals surface area contributed by atoms with E-state index in [2.05, 4.69) is 18.8 Å². The zero-order valence-corrected chi connectivity index (χ0v) is 12.2. The third-order valence-electron chi connectivity index (χ3n) is 4.05. The van der Waals surface area contributed by atoms with Gasteiger partial charge in [-0.1, -0.05) is 39.5 Å². The van der Waals surface area contributed by atoms with Gasteiger partial charge in [0.25, 0.3) is 0 Å². The third kappa shape index (κ3) is 5.50. The van der Waals surface area contributed by atoms with Crippen molar-refractivity contribution in [3.05, 3.63) is 29.8 Å². The Labute approximate surface area is 115 Å². The van der Waals surface area contributed by atoms with E-state index in [1.165, 1.54) is 57.7 Å². The van der Waals surface area contributed by atoms with Crippen molar-refractivity contribution in [1.29, 1.82) is 0 Å². The van der Waals surface area contributed by atoms with Crippen molar-refractivity contribution in [2.45, 2.75) is 59.3 Å². The van der Waals surface area contributed by atoms with Crippen molar-refractivity contribution in [2.75, 3.05) is 0 Å². The minimum atomic E-state index is -0.618. The fourth-order valence-corrected chi connectivity index (χ4v) is 2.38. The average molecular weight is 265 g/mol. The number of pyridine rings is 1. The number of hydrogen-bond donors (Lipinski definition) is 0. The molecule has 0 radical (unpaired) electrons. The van der Waals surface area contributed by atoms with Gasteiger partial charge in [-0.05, 0) is 31.2 Å². The van der Waals surface area contributed by atoms with E-state index in [1.807, 2.05) is 0 Å². The molecule has 1 aliphatic rings. The highest BCUT2D eigenvalue weighted by Crippen LogP contribution is 2.38. The van der Waals surface area contributed by atoms with E-state index in [0.29, 0.717) is 5.56 Å². The van der Waals surface area contributed by atoms with Gasteiger partial charge < -0.3 is 0 Å². The predicted octanol–water partition coefficient (Wildman–Crippen LogP) is 4.79. The van der Waals surface area contributed by atoms with Crippen LogP contribution in [0.3, 0.4) is 0 Å². The molecule has 1 aliphatic carbocycles. The first-order valence-electron chi connectivity index (χ1n) is 7.09. The highest BCUT2D eigenvalue weighted by atomic mass is 19.1. The van der Waals surface area contributed by atoms with Crippen molar-refractivity contribution in [3.63, 3.8) is 0 Å². The van der Waals surface area contributed by atoms with Gasteiger partial charge in [0, 0.05) is 17.8 Å². The smallest absolute Gasteiger partial charge is 0.213 e. The van der Waals surface area contributed by atoms with Crippen LogP contribution in [0.5, 0.6) is 0 Å². The van der Waals surface area contributed by atoms with Crippen LogP contribution in [-0.4, -0.2) is 10.8 Å². The highest BCUT2D eigenvalue weighted by molar-refractivity contribution is 5.93. The van der Waals surface area contributed by atoms with Gasteiger partial charge in [0.1, 0.15) is 0 Å². The molecule has 19 heavy (non-hydrogen) atoms. The first-order valence-corrected chi connectivity index (χ1v) is 7.09. The molecular formula is C16H24FNO. The lowest BCUT2D eigenvalue weighted by Gasteiger charge is -2.32. The monoisotopic (exact) mass is 265 g/mol. The number of Topliss-reactive ketones (excluding diaryl/α,β-unsaturated/α-hetero) is 1. The van der Waals surface area contributed by atoms with Gasteiger partial charge in [-0.25, -0.2) is 4.98 Å². The maximum absolute atomic E-state index is 12.3. The number of nitrogens with zero attached hydrogens (tertiary/aromatic N) is 1. The molecule has 1 fully saturated rings. The summed E-state index contributed by atoms with van der Waals surface area (Å²) in [4.78, 5) is 13.9. The quantitative estimate of drug-likeness (QED) is 0.568. The number of carbonyl (C=O) groups is 1. The van der Waals surface area contributed by atoms with Crippen molar-refractivity contribution >= 4 is 5.78 Å². The highest BCUT2D eigenvalue weighted by Gasteiger charge is 2.23. The van der Waals surface area contributed by atoms with E-state index in [1.54, 1.807) is 0 Å². The van der Waals surface area contributed by atoms with Gasteiger partial charge >= 0.3 is 0 Å². The molecule has 106 valence electrons. The number of carbonyl (C=O) groups excluding carboxylic acids is 1. The van der Waals surface area contributed by atoms with Crippen molar-refractivity contribution in [3.8, 4) is 0 Å². The van der Waals surface area contributed by atoms with Crippen LogP contribution >= 0.6 is 0 Å². The molecule has 0 bridgehead atoms. The molecule has 1 heterocycles. The Morgan fingerprint density at radius 3 is 2.37 bits per heavy atom. The van der Waals surface area contributed by atoms with Gasteiger partial charge in [0.15, 0.2) is 5.78 Å². The summed E-state index contributed by atoms with van der Waals surface area (Å²) in [6, 6.07) is 2.59. The largest absolute Gasteiger partial charge is 0.295 e. The van der Waals surface area contributed by atoms with Crippen LogP contribution in [0.15, 0.2) is 18.3 Å². The molecule has 0 unspecified atom stereocenters. The Bertz CT molecular complexity index is 411.